The molecule has 0 atom stereocenters. The van der Waals surface area contributed by atoms with Crippen LogP contribution in [0.15, 0.2) is 54.6 Å². The van der Waals surface area contributed by atoms with Gasteiger partial charge in [-0.1, -0.05) is 30.3 Å². The highest BCUT2D eigenvalue weighted by molar-refractivity contribution is 14.1. The number of benzene rings is 3. The summed E-state index contributed by atoms with van der Waals surface area (Å²) in [5.41, 5.74) is 1.31. The molecule has 0 fully saturated rings. The first kappa shape index (κ1) is 16.5. The van der Waals surface area contributed by atoms with Crippen molar-refractivity contribution >= 4 is 67.5 Å². The minimum atomic E-state index is -0.173. The molecule has 0 saturated heterocycles. The number of rotatable bonds is 3. The van der Waals surface area contributed by atoms with Crippen molar-refractivity contribution in [1.82, 2.24) is 0 Å². The molecule has 5 heteroatoms. The molecule has 0 unspecified atom stereocenters. The fraction of sp³-hybridized carbons (Fsp3) is 0.0556. The van der Waals surface area contributed by atoms with Gasteiger partial charge in [0.2, 0.25) is 0 Å². The van der Waals surface area contributed by atoms with E-state index in [1.54, 1.807) is 7.11 Å². The summed E-state index contributed by atoms with van der Waals surface area (Å²) in [6.07, 6.45) is 0. The van der Waals surface area contributed by atoms with Crippen LogP contribution in [0.5, 0.6) is 5.75 Å². The van der Waals surface area contributed by atoms with Crippen molar-refractivity contribution in [3.8, 4) is 5.75 Å². The van der Waals surface area contributed by atoms with Crippen molar-refractivity contribution in [1.29, 1.82) is 0 Å². The quantitative estimate of drug-likeness (QED) is 0.468. The Bertz CT molecular complexity index is 893. The highest BCUT2D eigenvalue weighted by Crippen LogP contribution is 2.29. The van der Waals surface area contributed by atoms with E-state index in [4.69, 9.17) is 4.74 Å². The van der Waals surface area contributed by atoms with Crippen LogP contribution in [0.3, 0.4) is 0 Å². The number of nitrogens with one attached hydrogen (secondary N) is 1. The summed E-state index contributed by atoms with van der Waals surface area (Å²) in [4.78, 5) is 12.6. The average Bonchev–Trinajstić information content (AvgIpc) is 2.54. The largest absolute Gasteiger partial charge is 0.495 e. The lowest BCUT2D eigenvalue weighted by molar-refractivity contribution is 0.102. The Hall–Kier alpha value is -1.35. The molecule has 1 N–H and O–H groups in total. The Morgan fingerprint density at radius 2 is 1.74 bits per heavy atom. The minimum Gasteiger partial charge on any atom is -0.495 e. The van der Waals surface area contributed by atoms with E-state index in [2.05, 4.69) is 50.5 Å². The number of carbonyl (C=O) groups is 1. The molecule has 3 aromatic carbocycles. The molecule has 0 aliphatic heterocycles. The zero-order valence-electron chi connectivity index (χ0n) is 12.3. The number of anilines is 1. The lowest BCUT2D eigenvalue weighted by Gasteiger charge is -2.12. The summed E-state index contributed by atoms with van der Waals surface area (Å²) in [7, 11) is 1.58. The molecule has 23 heavy (non-hydrogen) atoms. The molecule has 0 spiro atoms. The van der Waals surface area contributed by atoms with Gasteiger partial charge in [0.1, 0.15) is 5.75 Å². The number of hydrogen-bond acceptors (Lipinski definition) is 2. The molecule has 1 amide bonds. The van der Waals surface area contributed by atoms with Crippen molar-refractivity contribution in [3.05, 3.63) is 67.3 Å². The van der Waals surface area contributed by atoms with Gasteiger partial charge in [0, 0.05) is 9.26 Å². The van der Waals surface area contributed by atoms with Crippen molar-refractivity contribution in [2.24, 2.45) is 0 Å². The Balaban J connectivity index is 1.94. The van der Waals surface area contributed by atoms with Gasteiger partial charge in [-0.2, -0.15) is 0 Å². The lowest BCUT2D eigenvalue weighted by Crippen LogP contribution is -2.14. The van der Waals surface area contributed by atoms with Crippen LogP contribution in [-0.2, 0) is 0 Å². The topological polar surface area (TPSA) is 38.3 Å². The fourth-order valence-corrected chi connectivity index (χ4v) is 4.47. The van der Waals surface area contributed by atoms with Crippen molar-refractivity contribution < 1.29 is 9.53 Å². The third kappa shape index (κ3) is 3.60. The molecule has 0 aliphatic carbocycles. The van der Waals surface area contributed by atoms with Crippen LogP contribution in [0.2, 0.25) is 0 Å². The summed E-state index contributed by atoms with van der Waals surface area (Å²) in [5, 5.41) is 5.19. The van der Waals surface area contributed by atoms with E-state index in [9.17, 15) is 4.79 Å². The molecule has 3 aromatic rings. The molecular formula is C18H13I2NO2. The maximum absolute atomic E-state index is 12.6. The van der Waals surface area contributed by atoms with Gasteiger partial charge in [-0.05, 0) is 80.2 Å². The molecule has 3 nitrogen and oxygen atoms in total. The molecule has 0 saturated carbocycles. The fourth-order valence-electron chi connectivity index (χ4n) is 2.40. The highest BCUT2D eigenvalue weighted by atomic mass is 127. The maximum atomic E-state index is 12.6. The predicted molar refractivity (Wildman–Crippen MR) is 110 cm³/mol. The van der Waals surface area contributed by atoms with Crippen LogP contribution in [0.4, 0.5) is 5.69 Å². The maximum Gasteiger partial charge on any atom is 0.259 e. The van der Waals surface area contributed by atoms with E-state index in [0.29, 0.717) is 11.3 Å². The van der Waals surface area contributed by atoms with E-state index in [1.165, 1.54) is 0 Å². The van der Waals surface area contributed by atoms with Gasteiger partial charge in [0.15, 0.2) is 0 Å². The number of methoxy groups -OCH3 is 1. The predicted octanol–water partition coefficient (Wildman–Crippen LogP) is 5.31. The number of amides is 1. The van der Waals surface area contributed by atoms with Gasteiger partial charge in [0.05, 0.1) is 16.2 Å². The SMILES string of the molecule is COc1c(I)cc(I)cc1C(=O)Nc1ccc2ccccc2c1. The highest BCUT2D eigenvalue weighted by Gasteiger charge is 2.16. The van der Waals surface area contributed by atoms with E-state index in [1.807, 2.05) is 54.6 Å². The number of carbonyl (C=O) groups excluding carboxylic acids is 1. The van der Waals surface area contributed by atoms with Gasteiger partial charge in [-0.3, -0.25) is 4.79 Å². The Labute approximate surface area is 161 Å². The zero-order valence-corrected chi connectivity index (χ0v) is 16.6. The monoisotopic (exact) mass is 529 g/mol. The van der Waals surface area contributed by atoms with Crippen molar-refractivity contribution in [2.45, 2.75) is 0 Å². The summed E-state index contributed by atoms with van der Waals surface area (Å²) in [6.45, 7) is 0. The van der Waals surface area contributed by atoms with Gasteiger partial charge >= 0.3 is 0 Å². The molecule has 0 aliphatic rings. The van der Waals surface area contributed by atoms with E-state index in [0.717, 1.165) is 23.6 Å². The smallest absolute Gasteiger partial charge is 0.259 e. The van der Waals surface area contributed by atoms with E-state index < -0.39 is 0 Å². The molecular weight excluding hydrogens is 516 g/mol. The number of hydrogen-bond donors (Lipinski definition) is 1. The van der Waals surface area contributed by atoms with Crippen molar-refractivity contribution in [3.63, 3.8) is 0 Å². The van der Waals surface area contributed by atoms with Gasteiger partial charge in [-0.15, -0.1) is 0 Å². The third-order valence-electron chi connectivity index (χ3n) is 3.46. The Morgan fingerprint density at radius 3 is 2.48 bits per heavy atom. The first-order valence-electron chi connectivity index (χ1n) is 6.91. The molecule has 3 rings (SSSR count). The summed E-state index contributed by atoms with van der Waals surface area (Å²) in [5.74, 6) is 0.429. The van der Waals surface area contributed by atoms with Gasteiger partial charge < -0.3 is 10.1 Å². The van der Waals surface area contributed by atoms with Crippen LogP contribution in [0.1, 0.15) is 10.4 Å². The second-order valence-electron chi connectivity index (χ2n) is 4.98. The lowest BCUT2D eigenvalue weighted by atomic mass is 10.1. The second-order valence-corrected chi connectivity index (χ2v) is 7.39. The van der Waals surface area contributed by atoms with E-state index in [-0.39, 0.29) is 5.91 Å². The number of halogens is 2. The number of ether oxygens (including phenoxy) is 1. The van der Waals surface area contributed by atoms with Crippen LogP contribution in [-0.4, -0.2) is 13.0 Å². The first-order valence-corrected chi connectivity index (χ1v) is 9.07. The molecule has 0 bridgehead atoms. The summed E-state index contributed by atoms with van der Waals surface area (Å²) >= 11 is 4.38. The van der Waals surface area contributed by atoms with Gasteiger partial charge in [-0.25, -0.2) is 0 Å². The molecule has 0 radical (unpaired) electrons. The number of fused-ring (bicyclic) bond motifs is 1. The van der Waals surface area contributed by atoms with Gasteiger partial charge in [0.25, 0.3) is 5.91 Å². The normalized spacial score (nSPS) is 10.6. The van der Waals surface area contributed by atoms with Crippen LogP contribution in [0, 0.1) is 7.14 Å². The first-order chi connectivity index (χ1) is 11.1. The Kier molecular flexibility index (Phi) is 5.05. The van der Waals surface area contributed by atoms with Crippen LogP contribution in [0.25, 0.3) is 10.8 Å². The van der Waals surface area contributed by atoms with Crippen LogP contribution >= 0.6 is 45.2 Å². The molecule has 0 heterocycles. The minimum absolute atomic E-state index is 0.173. The standard InChI is InChI=1S/C18H13I2NO2/c1-23-17-15(9-13(19)10-16(17)20)18(22)21-14-7-6-11-4-2-3-5-12(11)8-14/h2-10H,1H3,(H,21,22). The molecule has 116 valence electrons. The summed E-state index contributed by atoms with van der Waals surface area (Å²) in [6, 6.07) is 17.7. The third-order valence-corrected chi connectivity index (χ3v) is 4.89. The summed E-state index contributed by atoms with van der Waals surface area (Å²) < 4.78 is 7.30. The van der Waals surface area contributed by atoms with Crippen molar-refractivity contribution in [2.75, 3.05) is 12.4 Å². The van der Waals surface area contributed by atoms with Crippen LogP contribution < -0.4 is 10.1 Å². The average molecular weight is 529 g/mol. The van der Waals surface area contributed by atoms with E-state index >= 15 is 0 Å². The zero-order chi connectivity index (χ0) is 16.4. The molecule has 0 aromatic heterocycles. The Morgan fingerprint density at radius 1 is 1.00 bits per heavy atom. The second kappa shape index (κ2) is 7.04.